The van der Waals surface area contributed by atoms with Crippen LogP contribution in [0.2, 0.25) is 0 Å². The number of carbonyl (C=O) groups excluding carboxylic acids is 4. The van der Waals surface area contributed by atoms with Gasteiger partial charge in [-0.1, -0.05) is 97.1 Å². The maximum absolute atomic E-state index is 13.4. The zero-order valence-corrected chi connectivity index (χ0v) is 36.7. The Morgan fingerprint density at radius 2 is 0.471 bits per heavy atom. The van der Waals surface area contributed by atoms with Crippen molar-refractivity contribution < 1.29 is 49.8 Å². The van der Waals surface area contributed by atoms with Crippen molar-refractivity contribution in [3.05, 3.63) is 197 Å². The number of aromatic hydroxyl groups is 6. The van der Waals surface area contributed by atoms with Gasteiger partial charge >= 0.3 is 0 Å². The number of fused-ring (bicyclic) bond motifs is 6. The van der Waals surface area contributed by atoms with Gasteiger partial charge in [0.2, 0.25) is 0 Å². The fourth-order valence-electron chi connectivity index (χ4n) is 11.1. The highest BCUT2D eigenvalue weighted by atomic mass is 16.3. The zero-order valence-electron chi connectivity index (χ0n) is 36.7. The Kier molecular flexibility index (Phi) is 8.59. The Balaban J connectivity index is 0.000000129. The largest absolute Gasteiger partial charge is 0.507 e. The molecule has 0 aliphatic heterocycles. The van der Waals surface area contributed by atoms with Crippen molar-refractivity contribution >= 4 is 98.5 Å². The van der Waals surface area contributed by atoms with Crippen LogP contribution in [0, 0.1) is 13.8 Å². The molecule has 12 aromatic rings. The van der Waals surface area contributed by atoms with E-state index in [2.05, 4.69) is 0 Å². The van der Waals surface area contributed by atoms with E-state index in [4.69, 9.17) is 0 Å². The summed E-state index contributed by atoms with van der Waals surface area (Å²) in [5.41, 5.74) is 4.22. The number of rotatable bonds is 0. The number of phenolic OH excluding ortho intramolecular Hbond substituents is 6. The number of benzene rings is 12. The van der Waals surface area contributed by atoms with E-state index in [1.165, 1.54) is 12.1 Å². The average Bonchev–Trinajstić information content (AvgIpc) is 3.34. The molecule has 336 valence electrons. The van der Waals surface area contributed by atoms with Gasteiger partial charge in [0, 0.05) is 99.7 Å². The summed E-state index contributed by atoms with van der Waals surface area (Å²) >= 11 is 0. The predicted octanol–water partition coefficient (Wildman–Crippen LogP) is 10.0. The molecule has 0 unspecified atom stereocenters. The summed E-state index contributed by atoms with van der Waals surface area (Å²) in [7, 11) is 0. The molecule has 0 atom stereocenters. The highest BCUT2D eigenvalue weighted by Gasteiger charge is 2.34. The first-order chi connectivity index (χ1) is 33.6. The van der Waals surface area contributed by atoms with Crippen LogP contribution in [0.3, 0.4) is 0 Å². The summed E-state index contributed by atoms with van der Waals surface area (Å²) in [4.78, 5) is 75.1. The van der Waals surface area contributed by atoms with E-state index >= 15 is 0 Å². The highest BCUT2D eigenvalue weighted by Crippen LogP contribution is 2.60. The molecule has 0 radical (unpaired) electrons. The second kappa shape index (κ2) is 14.4. The Labute approximate surface area is 392 Å². The summed E-state index contributed by atoms with van der Waals surface area (Å²) in [6, 6.07) is 32.6. The van der Waals surface area contributed by atoms with Crippen molar-refractivity contribution in [2.24, 2.45) is 0 Å². The van der Waals surface area contributed by atoms with Crippen molar-refractivity contribution in [3.8, 4) is 34.5 Å². The molecule has 0 saturated heterocycles. The second-order valence-corrected chi connectivity index (χ2v) is 17.7. The molecular formula is C58H32O12. The molecule has 12 aromatic carbocycles. The molecule has 70 heavy (non-hydrogen) atoms. The second-order valence-electron chi connectivity index (χ2n) is 17.7. The molecular weight excluding hydrogens is 889 g/mol. The van der Waals surface area contributed by atoms with Crippen LogP contribution in [0.5, 0.6) is 34.5 Å². The van der Waals surface area contributed by atoms with E-state index < -0.39 is 45.4 Å². The first-order valence-electron chi connectivity index (χ1n) is 21.9. The van der Waals surface area contributed by atoms with Crippen LogP contribution < -0.4 is 10.9 Å². The van der Waals surface area contributed by atoms with Gasteiger partial charge in [0.05, 0.1) is 21.5 Å². The van der Waals surface area contributed by atoms with E-state index in [-0.39, 0.29) is 66.2 Å². The molecule has 0 aromatic heterocycles. The van der Waals surface area contributed by atoms with Gasteiger partial charge in [0.25, 0.3) is 0 Å². The first-order valence-corrected chi connectivity index (χ1v) is 21.9. The highest BCUT2D eigenvalue weighted by molar-refractivity contribution is 6.52. The lowest BCUT2D eigenvalue weighted by molar-refractivity contribution is 0.0979. The van der Waals surface area contributed by atoms with Gasteiger partial charge in [0.1, 0.15) is 34.5 Å². The molecule has 12 nitrogen and oxygen atoms in total. The number of hydrogen-bond acceptors (Lipinski definition) is 12. The van der Waals surface area contributed by atoms with Gasteiger partial charge in [0.15, 0.2) is 34.0 Å². The van der Waals surface area contributed by atoms with E-state index in [0.717, 1.165) is 12.1 Å². The molecule has 2 aliphatic rings. The van der Waals surface area contributed by atoms with E-state index in [1.54, 1.807) is 111 Å². The minimum absolute atomic E-state index is 0.0431. The normalized spacial score (nSPS) is 13.0. The molecule has 0 heterocycles. The van der Waals surface area contributed by atoms with Crippen LogP contribution in [0.4, 0.5) is 0 Å². The summed E-state index contributed by atoms with van der Waals surface area (Å²) < 4.78 is 0. The van der Waals surface area contributed by atoms with Gasteiger partial charge in [-0.3, -0.25) is 28.8 Å². The fraction of sp³-hybridized carbons (Fsp3) is 0.0345. The number of carbonyl (C=O) groups is 4. The summed E-state index contributed by atoms with van der Waals surface area (Å²) in [5.74, 6) is -3.01. The lowest BCUT2D eigenvalue weighted by atomic mass is 9.78. The van der Waals surface area contributed by atoms with Crippen molar-refractivity contribution in [2.75, 3.05) is 0 Å². The van der Waals surface area contributed by atoms with Crippen LogP contribution in [0.25, 0.3) is 75.4 Å². The summed E-state index contributed by atoms with van der Waals surface area (Å²) in [5, 5.41) is 69.6. The average molecular weight is 921 g/mol. The van der Waals surface area contributed by atoms with Gasteiger partial charge < -0.3 is 30.6 Å². The quantitative estimate of drug-likeness (QED) is 0.0618. The maximum Gasteiger partial charge on any atom is 0.194 e. The number of hydrogen-bond donors (Lipinski definition) is 6. The molecule has 0 bridgehead atoms. The summed E-state index contributed by atoms with van der Waals surface area (Å²) in [6.07, 6.45) is 0. The molecule has 14 rings (SSSR count). The minimum atomic E-state index is -0.483. The Morgan fingerprint density at radius 1 is 0.257 bits per heavy atom. The maximum atomic E-state index is 13.4. The predicted molar refractivity (Wildman–Crippen MR) is 265 cm³/mol. The Bertz CT molecular complexity index is 4010. The molecule has 6 N–H and O–H groups in total. The molecule has 0 fully saturated rings. The monoisotopic (exact) mass is 920 g/mol. The lowest BCUT2D eigenvalue weighted by Crippen LogP contribution is -2.20. The molecule has 0 saturated carbocycles. The minimum Gasteiger partial charge on any atom is -0.507 e. The van der Waals surface area contributed by atoms with Crippen LogP contribution >= 0.6 is 0 Å². The van der Waals surface area contributed by atoms with Crippen LogP contribution in [-0.4, -0.2) is 53.8 Å². The van der Waals surface area contributed by atoms with Gasteiger partial charge in [-0.05, 0) is 47.9 Å². The Hall–Kier alpha value is -9.68. The fourth-order valence-corrected chi connectivity index (χ4v) is 11.1. The number of phenols is 6. The SMILES string of the molecule is Cc1cc(=O)c2c(O)c3c(O)cc(O)c4c5c(O)cc(O)c6c(O)c7c(=O)cc(C)c8c1c2c(c34)c(c65)c78.O=C1c2ccccc2C(=O)c2ccccc21.O=C1c2ccccc2C(=O)c2ccccc21. The molecule has 2 aliphatic carbocycles. The van der Waals surface area contributed by atoms with Crippen LogP contribution in [0.15, 0.2) is 131 Å². The topological polar surface area (TPSA) is 224 Å². The van der Waals surface area contributed by atoms with E-state index in [9.17, 15) is 59.4 Å². The van der Waals surface area contributed by atoms with Crippen LogP contribution in [0.1, 0.15) is 74.8 Å². The number of aryl methyl sites for hydroxylation is 2. The standard InChI is InChI=1S/C30H16O8.2C14H8O2/c1-7-3-9(31)19-23-15(7)16-8(2)4-10(32)20-24(16)28-26-18(12(34)6-14(36)22(26)30(20)38)17-11(33)5-13(35)21(29(19)37)25(17)27(23)28;2*15-13-9-5-1-2-6-10(9)14(16)12-8-4-3-7-11(12)13/h3-6,33-38H,1-2H3;2*1-8H. The van der Waals surface area contributed by atoms with Crippen molar-refractivity contribution in [2.45, 2.75) is 13.8 Å². The van der Waals surface area contributed by atoms with Crippen molar-refractivity contribution in [3.63, 3.8) is 0 Å². The van der Waals surface area contributed by atoms with Gasteiger partial charge in [-0.25, -0.2) is 0 Å². The van der Waals surface area contributed by atoms with Crippen LogP contribution in [-0.2, 0) is 0 Å². The van der Waals surface area contributed by atoms with Crippen molar-refractivity contribution in [1.82, 2.24) is 0 Å². The third-order valence-electron chi connectivity index (χ3n) is 13.9. The smallest absolute Gasteiger partial charge is 0.194 e. The lowest BCUT2D eigenvalue weighted by Gasteiger charge is -2.25. The van der Waals surface area contributed by atoms with Gasteiger partial charge in [-0.2, -0.15) is 0 Å². The third-order valence-corrected chi connectivity index (χ3v) is 13.9. The number of ketones is 4. The first kappa shape index (κ1) is 41.7. The third kappa shape index (κ3) is 5.29. The zero-order chi connectivity index (χ0) is 48.9. The molecule has 12 heteroatoms. The molecule has 0 spiro atoms. The van der Waals surface area contributed by atoms with E-state index in [1.807, 2.05) is 0 Å². The summed E-state index contributed by atoms with van der Waals surface area (Å²) in [6.45, 7) is 3.47. The van der Waals surface area contributed by atoms with Gasteiger partial charge in [-0.15, -0.1) is 0 Å². The van der Waals surface area contributed by atoms with E-state index in [0.29, 0.717) is 88.0 Å². The molecule has 0 amide bonds. The Morgan fingerprint density at radius 3 is 0.729 bits per heavy atom. The van der Waals surface area contributed by atoms with Crippen molar-refractivity contribution in [1.29, 1.82) is 0 Å².